The molecular formula is C32H37BrClF2N3O3. The van der Waals surface area contributed by atoms with Crippen LogP contribution in [0.1, 0.15) is 74.4 Å². The molecule has 42 heavy (non-hydrogen) atoms. The van der Waals surface area contributed by atoms with Gasteiger partial charge in [0.25, 0.3) is 5.91 Å². The van der Waals surface area contributed by atoms with Crippen molar-refractivity contribution >= 4 is 56.1 Å². The summed E-state index contributed by atoms with van der Waals surface area (Å²) in [5.74, 6) is -3.61. The number of nitrogens with one attached hydrogen (secondary N) is 1. The van der Waals surface area contributed by atoms with Crippen LogP contribution in [-0.4, -0.2) is 41.6 Å². The van der Waals surface area contributed by atoms with Crippen LogP contribution in [0, 0.1) is 35.8 Å². The lowest BCUT2D eigenvalue weighted by atomic mass is 9.74. The summed E-state index contributed by atoms with van der Waals surface area (Å²) in [4.78, 5) is 33.4. The molecule has 3 atom stereocenters. The van der Waals surface area contributed by atoms with Crippen LogP contribution in [0.25, 0.3) is 10.9 Å². The molecule has 226 valence electrons. The second-order valence-corrected chi connectivity index (χ2v) is 13.7. The number of piperidine rings is 1. The number of halogens is 4. The highest BCUT2D eigenvalue weighted by atomic mass is 79.9. The van der Waals surface area contributed by atoms with E-state index < -0.39 is 45.8 Å². The summed E-state index contributed by atoms with van der Waals surface area (Å²) in [6, 6.07) is 7.48. The van der Waals surface area contributed by atoms with Gasteiger partial charge in [-0.15, -0.1) is 0 Å². The zero-order valence-electron chi connectivity index (χ0n) is 24.5. The number of nitrogens with zero attached hydrogens (tertiary/aromatic N) is 2. The van der Waals surface area contributed by atoms with E-state index in [2.05, 4.69) is 33.1 Å². The van der Waals surface area contributed by atoms with E-state index in [9.17, 15) is 19.1 Å². The summed E-state index contributed by atoms with van der Waals surface area (Å²) in [5.41, 5.74) is 0.988. The molecule has 1 amide bonds. The first-order chi connectivity index (χ1) is 19.7. The lowest BCUT2D eigenvalue weighted by molar-refractivity contribution is -0.146. The fourth-order valence-corrected chi connectivity index (χ4v) is 6.60. The van der Waals surface area contributed by atoms with Crippen molar-refractivity contribution < 1.29 is 23.5 Å². The maximum atomic E-state index is 15.2. The first-order valence-electron chi connectivity index (χ1n) is 14.2. The van der Waals surface area contributed by atoms with Gasteiger partial charge in [-0.25, -0.2) is 13.8 Å². The van der Waals surface area contributed by atoms with Gasteiger partial charge < -0.3 is 15.3 Å². The lowest BCUT2D eigenvalue weighted by Gasteiger charge is -2.33. The van der Waals surface area contributed by atoms with Crippen LogP contribution in [0.15, 0.2) is 34.8 Å². The van der Waals surface area contributed by atoms with E-state index in [0.29, 0.717) is 22.4 Å². The van der Waals surface area contributed by atoms with E-state index in [4.69, 9.17) is 16.6 Å². The number of carbonyl (C=O) groups is 2. The van der Waals surface area contributed by atoms with Crippen LogP contribution in [-0.2, 0) is 4.79 Å². The van der Waals surface area contributed by atoms with E-state index >= 15 is 4.39 Å². The van der Waals surface area contributed by atoms with Gasteiger partial charge in [-0.05, 0) is 67.9 Å². The number of rotatable bonds is 8. The summed E-state index contributed by atoms with van der Waals surface area (Å²) in [6.07, 6.45) is 2.11. The van der Waals surface area contributed by atoms with Crippen LogP contribution >= 0.6 is 27.5 Å². The Morgan fingerprint density at radius 2 is 1.90 bits per heavy atom. The zero-order chi connectivity index (χ0) is 30.9. The minimum Gasteiger partial charge on any atom is -0.481 e. The minimum absolute atomic E-state index is 0.0578. The molecule has 0 aliphatic carbocycles. The number of benzene rings is 2. The highest BCUT2D eigenvalue weighted by molar-refractivity contribution is 9.10. The molecule has 0 radical (unpaired) electrons. The van der Waals surface area contributed by atoms with Crippen LogP contribution in [0.5, 0.6) is 0 Å². The number of hydrogen-bond donors (Lipinski definition) is 2. The number of anilines is 1. The number of pyridine rings is 1. The average molecular weight is 665 g/mol. The van der Waals surface area contributed by atoms with Crippen molar-refractivity contribution in [1.29, 1.82) is 0 Å². The third kappa shape index (κ3) is 6.88. The largest absolute Gasteiger partial charge is 0.481 e. The second kappa shape index (κ2) is 12.8. The van der Waals surface area contributed by atoms with Gasteiger partial charge in [0.15, 0.2) is 0 Å². The Balaban J connectivity index is 1.75. The lowest BCUT2D eigenvalue weighted by Crippen LogP contribution is -2.37. The van der Waals surface area contributed by atoms with Crippen molar-refractivity contribution in [3.8, 4) is 0 Å². The second-order valence-electron chi connectivity index (χ2n) is 12.4. The third-order valence-electron chi connectivity index (χ3n) is 8.21. The van der Waals surface area contributed by atoms with Crippen LogP contribution in [0.2, 0.25) is 5.02 Å². The Morgan fingerprint density at radius 1 is 1.21 bits per heavy atom. The summed E-state index contributed by atoms with van der Waals surface area (Å²) < 4.78 is 30.4. The molecule has 0 bridgehead atoms. The van der Waals surface area contributed by atoms with Gasteiger partial charge in [-0.1, -0.05) is 55.2 Å². The molecule has 10 heteroatoms. The SMILES string of the molecule is Cc1c(N2CCCC(C)C2)nc2ccc(Br)cc2c1C(=O)NCC(CC(C(=O)O)C(C)(C)C)c1c(F)ccc(F)c1Cl. The molecule has 2 aromatic carbocycles. The number of amides is 1. The predicted molar refractivity (Wildman–Crippen MR) is 166 cm³/mol. The minimum atomic E-state index is -1.06. The molecule has 1 saturated heterocycles. The number of fused-ring (bicyclic) bond motifs is 1. The summed E-state index contributed by atoms with van der Waals surface area (Å²) in [5, 5.41) is 13.2. The number of aromatic nitrogens is 1. The van der Waals surface area contributed by atoms with E-state index in [1.807, 2.05) is 25.1 Å². The molecule has 0 saturated carbocycles. The van der Waals surface area contributed by atoms with E-state index in [-0.39, 0.29) is 18.5 Å². The maximum absolute atomic E-state index is 15.2. The highest BCUT2D eigenvalue weighted by Gasteiger charge is 2.36. The monoisotopic (exact) mass is 663 g/mol. The third-order valence-corrected chi connectivity index (χ3v) is 9.09. The maximum Gasteiger partial charge on any atom is 0.307 e. The average Bonchev–Trinajstić information content (AvgIpc) is 2.90. The highest BCUT2D eigenvalue weighted by Crippen LogP contribution is 2.39. The molecule has 1 aromatic heterocycles. The van der Waals surface area contributed by atoms with E-state index in [1.165, 1.54) is 0 Å². The van der Waals surface area contributed by atoms with Gasteiger partial charge in [0.05, 0.1) is 22.0 Å². The Morgan fingerprint density at radius 3 is 2.55 bits per heavy atom. The Bertz CT molecular complexity index is 1510. The fraction of sp³-hybridized carbons (Fsp3) is 0.469. The van der Waals surface area contributed by atoms with Crippen molar-refractivity contribution in [2.24, 2.45) is 17.3 Å². The summed E-state index contributed by atoms with van der Waals surface area (Å²) in [6.45, 7) is 10.9. The van der Waals surface area contributed by atoms with Gasteiger partial charge in [-0.2, -0.15) is 0 Å². The topological polar surface area (TPSA) is 82.5 Å². The fourth-order valence-electron chi connectivity index (χ4n) is 5.93. The number of carboxylic acid groups (broad SMARTS) is 1. The number of carbonyl (C=O) groups excluding carboxylic acids is 1. The standard InChI is InChI=1S/C32H37BrClF2N3O3/c1-17-7-6-12-39(16-17)29-18(2)26(21-14-20(33)8-11-25(21)38-29)30(40)37-15-19(13-22(31(41)42)32(3,4)5)27-23(35)9-10-24(36)28(27)34/h8-11,14,17,19,22H,6-7,12-13,15-16H2,1-5H3,(H,37,40)(H,41,42). The normalized spacial score (nSPS) is 17.3. The zero-order valence-corrected chi connectivity index (χ0v) is 26.9. The van der Waals surface area contributed by atoms with Crippen LogP contribution in [0.4, 0.5) is 14.6 Å². The first-order valence-corrected chi connectivity index (χ1v) is 15.3. The molecule has 3 unspecified atom stereocenters. The van der Waals surface area contributed by atoms with E-state index in [1.54, 1.807) is 20.8 Å². The van der Waals surface area contributed by atoms with Gasteiger partial charge in [0.2, 0.25) is 0 Å². The Hall–Kier alpha value is -2.78. The molecule has 3 aromatic rings. The van der Waals surface area contributed by atoms with Crippen LogP contribution in [0.3, 0.4) is 0 Å². The predicted octanol–water partition coefficient (Wildman–Crippen LogP) is 8.12. The number of hydrogen-bond acceptors (Lipinski definition) is 4. The van der Waals surface area contributed by atoms with Crippen molar-refractivity contribution in [2.75, 3.05) is 24.5 Å². The molecule has 1 fully saturated rings. The van der Waals surface area contributed by atoms with Gasteiger partial charge >= 0.3 is 5.97 Å². The Labute approximate surface area is 259 Å². The Kier molecular flexibility index (Phi) is 9.82. The molecule has 2 heterocycles. The van der Waals surface area contributed by atoms with E-state index in [0.717, 1.165) is 53.9 Å². The molecule has 1 aliphatic rings. The number of carboxylic acids is 1. The molecule has 1 aliphatic heterocycles. The summed E-state index contributed by atoms with van der Waals surface area (Å²) in [7, 11) is 0. The van der Waals surface area contributed by atoms with Crippen LogP contribution < -0.4 is 10.2 Å². The first kappa shape index (κ1) is 32.1. The van der Waals surface area contributed by atoms with Crippen molar-refractivity contribution in [3.63, 3.8) is 0 Å². The molecule has 2 N–H and O–H groups in total. The molecular weight excluding hydrogens is 628 g/mol. The van der Waals surface area contributed by atoms with Crippen molar-refractivity contribution in [1.82, 2.24) is 10.3 Å². The summed E-state index contributed by atoms with van der Waals surface area (Å²) >= 11 is 9.75. The van der Waals surface area contributed by atoms with Gasteiger partial charge in [-0.3, -0.25) is 9.59 Å². The molecule has 0 spiro atoms. The molecule has 6 nitrogen and oxygen atoms in total. The molecule has 4 rings (SSSR count). The van der Waals surface area contributed by atoms with Gasteiger partial charge in [0.1, 0.15) is 17.5 Å². The van der Waals surface area contributed by atoms with Crippen molar-refractivity contribution in [3.05, 3.63) is 68.2 Å². The number of aliphatic carboxylic acids is 1. The smallest absolute Gasteiger partial charge is 0.307 e. The van der Waals surface area contributed by atoms with Gasteiger partial charge in [0, 0.05) is 46.5 Å². The quantitative estimate of drug-likeness (QED) is 0.238. The van der Waals surface area contributed by atoms with Crippen molar-refractivity contribution in [2.45, 2.75) is 59.8 Å².